The molecule has 0 fully saturated rings. The monoisotopic (exact) mass is 251 g/mol. The molecule has 2 aromatic carbocycles. The van der Waals surface area contributed by atoms with E-state index in [0.29, 0.717) is 6.61 Å². The van der Waals surface area contributed by atoms with E-state index in [4.69, 9.17) is 4.74 Å². The minimum atomic E-state index is 0.607. The Bertz CT molecular complexity index is 602. The molecule has 0 aliphatic carbocycles. The highest BCUT2D eigenvalue weighted by Crippen LogP contribution is 2.22. The predicted molar refractivity (Wildman–Crippen MR) is 78.0 cm³/mol. The van der Waals surface area contributed by atoms with Crippen LogP contribution in [0.5, 0.6) is 5.75 Å². The second kappa shape index (κ2) is 5.27. The fraction of sp³-hybridized carbons (Fsp3) is 0.235. The molecule has 1 heterocycles. The van der Waals surface area contributed by atoms with Gasteiger partial charge in [0.1, 0.15) is 12.4 Å². The van der Waals surface area contributed by atoms with Crippen molar-refractivity contribution in [1.29, 1.82) is 0 Å². The molecule has 0 unspecified atom stereocenters. The molecule has 0 amide bonds. The highest BCUT2D eigenvalue weighted by atomic mass is 16.5. The van der Waals surface area contributed by atoms with Crippen LogP contribution in [0.25, 0.3) is 0 Å². The Morgan fingerprint density at radius 3 is 2.79 bits per heavy atom. The van der Waals surface area contributed by atoms with E-state index in [0.717, 1.165) is 24.4 Å². The third-order valence-corrected chi connectivity index (χ3v) is 3.45. The van der Waals surface area contributed by atoms with Gasteiger partial charge in [0.15, 0.2) is 0 Å². The minimum Gasteiger partial charge on any atom is -0.489 e. The quantitative estimate of drug-likeness (QED) is 0.816. The second-order valence-corrected chi connectivity index (χ2v) is 4.81. The van der Waals surface area contributed by atoms with Crippen molar-refractivity contribution in [2.24, 2.45) is 4.99 Å². The molecule has 96 valence electrons. The van der Waals surface area contributed by atoms with Gasteiger partial charge >= 0.3 is 0 Å². The number of ether oxygens (including phenoxy) is 1. The van der Waals surface area contributed by atoms with Crippen LogP contribution < -0.4 is 4.74 Å². The van der Waals surface area contributed by atoms with Gasteiger partial charge in [0.25, 0.3) is 0 Å². The van der Waals surface area contributed by atoms with Crippen molar-refractivity contribution < 1.29 is 4.74 Å². The Hall–Kier alpha value is -2.09. The Kier molecular flexibility index (Phi) is 3.32. The van der Waals surface area contributed by atoms with E-state index in [9.17, 15) is 0 Å². The summed E-state index contributed by atoms with van der Waals surface area (Å²) < 4.78 is 5.85. The molecule has 0 N–H and O–H groups in total. The van der Waals surface area contributed by atoms with Crippen LogP contribution in [-0.2, 0) is 13.0 Å². The number of fused-ring (bicyclic) bond motifs is 1. The molecular weight excluding hydrogens is 234 g/mol. The summed E-state index contributed by atoms with van der Waals surface area (Å²) in [6.07, 6.45) is 1.03. The lowest BCUT2D eigenvalue weighted by atomic mass is 9.98. The molecule has 2 nitrogen and oxygen atoms in total. The van der Waals surface area contributed by atoms with E-state index < -0.39 is 0 Å². The molecule has 19 heavy (non-hydrogen) atoms. The maximum atomic E-state index is 5.85. The highest BCUT2D eigenvalue weighted by molar-refractivity contribution is 6.01. The zero-order valence-corrected chi connectivity index (χ0v) is 11.1. The van der Waals surface area contributed by atoms with Crippen LogP contribution in [0.2, 0.25) is 0 Å². The van der Waals surface area contributed by atoms with Gasteiger partial charge in [-0.05, 0) is 36.6 Å². The van der Waals surface area contributed by atoms with Gasteiger partial charge in [-0.2, -0.15) is 0 Å². The van der Waals surface area contributed by atoms with Crippen LogP contribution >= 0.6 is 0 Å². The summed E-state index contributed by atoms with van der Waals surface area (Å²) in [6.45, 7) is 3.58. The van der Waals surface area contributed by atoms with E-state index in [1.165, 1.54) is 16.7 Å². The third-order valence-electron chi connectivity index (χ3n) is 3.45. The maximum Gasteiger partial charge on any atom is 0.120 e. The largest absolute Gasteiger partial charge is 0.489 e. The average Bonchev–Trinajstić information content (AvgIpc) is 2.47. The standard InChI is InChI=1S/C17H17NO/c1-13-17-11-16(8-7-15(17)9-10-18-13)19-12-14-5-3-2-4-6-14/h2-8,11H,9-10,12H2,1H3. The van der Waals surface area contributed by atoms with Crippen LogP contribution in [0.15, 0.2) is 53.5 Å². The fourth-order valence-corrected chi connectivity index (χ4v) is 2.37. The summed E-state index contributed by atoms with van der Waals surface area (Å²) in [5, 5.41) is 0. The molecule has 1 aliphatic rings. The van der Waals surface area contributed by atoms with E-state index in [-0.39, 0.29) is 0 Å². The molecule has 3 rings (SSSR count). The van der Waals surface area contributed by atoms with Crippen LogP contribution in [0.1, 0.15) is 23.6 Å². The summed E-state index contributed by atoms with van der Waals surface area (Å²) >= 11 is 0. The molecule has 0 atom stereocenters. The molecule has 0 saturated carbocycles. The fourth-order valence-electron chi connectivity index (χ4n) is 2.37. The molecule has 0 bridgehead atoms. The van der Waals surface area contributed by atoms with Gasteiger partial charge in [-0.15, -0.1) is 0 Å². The Labute approximate surface area is 113 Å². The first-order valence-corrected chi connectivity index (χ1v) is 6.64. The molecule has 0 aromatic heterocycles. The van der Waals surface area contributed by atoms with Gasteiger partial charge in [0.05, 0.1) is 0 Å². The first-order valence-electron chi connectivity index (χ1n) is 6.64. The first kappa shape index (κ1) is 12.0. The lowest BCUT2D eigenvalue weighted by Gasteiger charge is -2.16. The molecule has 0 radical (unpaired) electrons. The maximum absolute atomic E-state index is 5.85. The zero-order valence-electron chi connectivity index (χ0n) is 11.1. The normalized spacial score (nSPS) is 13.6. The van der Waals surface area contributed by atoms with E-state index in [1.54, 1.807) is 0 Å². The van der Waals surface area contributed by atoms with Crippen LogP contribution in [-0.4, -0.2) is 12.3 Å². The first-order chi connectivity index (χ1) is 9.33. The molecule has 1 aliphatic heterocycles. The summed E-state index contributed by atoms with van der Waals surface area (Å²) in [5.41, 5.74) is 4.91. The summed E-state index contributed by atoms with van der Waals surface area (Å²) in [7, 11) is 0. The second-order valence-electron chi connectivity index (χ2n) is 4.81. The molecule has 0 spiro atoms. The number of aliphatic imine (C=N–C) groups is 1. The van der Waals surface area contributed by atoms with Gasteiger partial charge in [0.2, 0.25) is 0 Å². The van der Waals surface area contributed by atoms with Crippen LogP contribution in [0.3, 0.4) is 0 Å². The lowest BCUT2D eigenvalue weighted by Crippen LogP contribution is -2.10. The molecule has 0 saturated heterocycles. The predicted octanol–water partition coefficient (Wildman–Crippen LogP) is 3.63. The highest BCUT2D eigenvalue weighted by Gasteiger charge is 2.11. The van der Waals surface area contributed by atoms with Crippen molar-refractivity contribution in [2.75, 3.05) is 6.54 Å². The number of nitrogens with zero attached hydrogens (tertiary/aromatic N) is 1. The van der Waals surface area contributed by atoms with Crippen LogP contribution in [0, 0.1) is 0 Å². The Balaban J connectivity index is 1.76. The van der Waals surface area contributed by atoms with Crippen molar-refractivity contribution in [3.63, 3.8) is 0 Å². The summed E-state index contributed by atoms with van der Waals surface area (Å²) in [4.78, 5) is 4.49. The summed E-state index contributed by atoms with van der Waals surface area (Å²) in [6, 6.07) is 16.5. The molecule has 2 heteroatoms. The van der Waals surface area contributed by atoms with Crippen molar-refractivity contribution in [3.05, 3.63) is 65.2 Å². The smallest absolute Gasteiger partial charge is 0.120 e. The minimum absolute atomic E-state index is 0.607. The number of hydrogen-bond donors (Lipinski definition) is 0. The Morgan fingerprint density at radius 1 is 1.11 bits per heavy atom. The van der Waals surface area contributed by atoms with Gasteiger partial charge in [0, 0.05) is 17.8 Å². The van der Waals surface area contributed by atoms with Gasteiger partial charge < -0.3 is 4.74 Å². The van der Waals surface area contributed by atoms with Gasteiger partial charge in [-0.25, -0.2) is 0 Å². The van der Waals surface area contributed by atoms with E-state index in [1.807, 2.05) is 18.2 Å². The SMILES string of the molecule is CC1=NCCc2ccc(OCc3ccccc3)cc21. The van der Waals surface area contributed by atoms with Crippen LogP contribution in [0.4, 0.5) is 0 Å². The average molecular weight is 251 g/mol. The molecule has 2 aromatic rings. The van der Waals surface area contributed by atoms with Gasteiger partial charge in [-0.1, -0.05) is 36.4 Å². The number of benzene rings is 2. The Morgan fingerprint density at radius 2 is 1.95 bits per heavy atom. The van der Waals surface area contributed by atoms with E-state index >= 15 is 0 Å². The summed E-state index contributed by atoms with van der Waals surface area (Å²) in [5.74, 6) is 0.916. The van der Waals surface area contributed by atoms with E-state index in [2.05, 4.69) is 42.2 Å². The van der Waals surface area contributed by atoms with Crippen molar-refractivity contribution in [1.82, 2.24) is 0 Å². The third kappa shape index (κ3) is 2.68. The van der Waals surface area contributed by atoms with Gasteiger partial charge in [-0.3, -0.25) is 4.99 Å². The van der Waals surface area contributed by atoms with Crippen molar-refractivity contribution in [3.8, 4) is 5.75 Å². The van der Waals surface area contributed by atoms with Crippen molar-refractivity contribution in [2.45, 2.75) is 20.0 Å². The number of hydrogen-bond acceptors (Lipinski definition) is 2. The topological polar surface area (TPSA) is 21.6 Å². The number of rotatable bonds is 3. The van der Waals surface area contributed by atoms with Crippen molar-refractivity contribution >= 4 is 5.71 Å². The lowest BCUT2D eigenvalue weighted by molar-refractivity contribution is 0.306. The molecular formula is C17H17NO. The zero-order chi connectivity index (χ0) is 13.1.